The number of carbonyl (C=O) groups is 1. The van der Waals surface area contributed by atoms with Crippen LogP contribution in [0.25, 0.3) is 0 Å². The van der Waals surface area contributed by atoms with Gasteiger partial charge in [-0.1, -0.05) is 23.2 Å². The fourth-order valence-electron chi connectivity index (χ4n) is 0.902. The van der Waals surface area contributed by atoms with Crippen LogP contribution in [0.5, 0.6) is 0 Å². The van der Waals surface area contributed by atoms with E-state index in [9.17, 15) is 4.79 Å². The molecule has 0 amide bonds. The standard InChI is InChI=1S/C9H5Cl2NO/c1-5(13)7-3-8(10)6(4-12)2-9(7)11/h2-3H,1H3. The lowest BCUT2D eigenvalue weighted by atomic mass is 10.1. The maximum atomic E-state index is 11.0. The number of nitrogens with zero attached hydrogens (tertiary/aromatic N) is 1. The molecule has 0 saturated heterocycles. The Morgan fingerprint density at radius 1 is 1.38 bits per heavy atom. The summed E-state index contributed by atoms with van der Waals surface area (Å²) in [6.45, 7) is 1.39. The summed E-state index contributed by atoms with van der Waals surface area (Å²) in [5.74, 6) is -0.170. The maximum absolute atomic E-state index is 11.0. The van der Waals surface area contributed by atoms with Crippen LogP contribution in [0.15, 0.2) is 12.1 Å². The lowest BCUT2D eigenvalue weighted by molar-refractivity contribution is 0.101. The van der Waals surface area contributed by atoms with E-state index in [-0.39, 0.29) is 21.4 Å². The molecule has 0 unspecified atom stereocenters. The van der Waals surface area contributed by atoms with Gasteiger partial charge in [0.05, 0.1) is 15.6 Å². The highest BCUT2D eigenvalue weighted by atomic mass is 35.5. The third-order valence-electron chi connectivity index (χ3n) is 1.56. The Morgan fingerprint density at radius 2 is 2.00 bits per heavy atom. The summed E-state index contributed by atoms with van der Waals surface area (Å²) < 4.78 is 0. The van der Waals surface area contributed by atoms with E-state index in [1.54, 1.807) is 0 Å². The minimum Gasteiger partial charge on any atom is -0.294 e. The average molecular weight is 214 g/mol. The topological polar surface area (TPSA) is 40.9 Å². The summed E-state index contributed by atoms with van der Waals surface area (Å²) in [7, 11) is 0. The highest BCUT2D eigenvalue weighted by Crippen LogP contribution is 2.24. The van der Waals surface area contributed by atoms with Crippen molar-refractivity contribution in [3.63, 3.8) is 0 Å². The lowest BCUT2D eigenvalue weighted by Gasteiger charge is -2.01. The Bertz CT molecular complexity index is 407. The van der Waals surface area contributed by atoms with E-state index in [4.69, 9.17) is 28.5 Å². The van der Waals surface area contributed by atoms with E-state index in [0.29, 0.717) is 5.56 Å². The minimum absolute atomic E-state index is 0.170. The Kier molecular flexibility index (Phi) is 2.92. The number of rotatable bonds is 1. The molecule has 1 rings (SSSR count). The van der Waals surface area contributed by atoms with Gasteiger partial charge in [0.1, 0.15) is 6.07 Å². The molecular formula is C9H5Cl2NO. The number of Topliss-reactive ketones (excluding diaryl/α,β-unsaturated/α-hetero) is 1. The second kappa shape index (κ2) is 3.78. The molecule has 13 heavy (non-hydrogen) atoms. The van der Waals surface area contributed by atoms with Crippen LogP contribution < -0.4 is 0 Å². The van der Waals surface area contributed by atoms with Crippen LogP contribution in [0.4, 0.5) is 0 Å². The third-order valence-corrected chi connectivity index (χ3v) is 2.18. The summed E-state index contributed by atoms with van der Waals surface area (Å²) in [6, 6.07) is 4.67. The molecule has 0 bridgehead atoms. The van der Waals surface area contributed by atoms with E-state index in [1.165, 1.54) is 19.1 Å². The monoisotopic (exact) mass is 213 g/mol. The van der Waals surface area contributed by atoms with Crippen molar-refractivity contribution in [3.05, 3.63) is 33.3 Å². The van der Waals surface area contributed by atoms with E-state index in [1.807, 2.05) is 6.07 Å². The zero-order chi connectivity index (χ0) is 10.0. The van der Waals surface area contributed by atoms with E-state index in [0.717, 1.165) is 0 Å². The van der Waals surface area contributed by atoms with Crippen molar-refractivity contribution in [3.8, 4) is 6.07 Å². The van der Waals surface area contributed by atoms with Crippen LogP contribution >= 0.6 is 23.2 Å². The van der Waals surface area contributed by atoms with Gasteiger partial charge in [0.2, 0.25) is 0 Å². The van der Waals surface area contributed by atoms with Crippen LogP contribution in [-0.4, -0.2) is 5.78 Å². The van der Waals surface area contributed by atoms with E-state index < -0.39 is 0 Å². The van der Waals surface area contributed by atoms with Gasteiger partial charge in [-0.15, -0.1) is 0 Å². The van der Waals surface area contributed by atoms with Gasteiger partial charge in [0, 0.05) is 5.56 Å². The van der Waals surface area contributed by atoms with E-state index in [2.05, 4.69) is 0 Å². The molecule has 2 nitrogen and oxygen atoms in total. The first-order chi connectivity index (χ1) is 6.06. The van der Waals surface area contributed by atoms with Gasteiger partial charge in [-0.25, -0.2) is 0 Å². The predicted octanol–water partition coefficient (Wildman–Crippen LogP) is 3.07. The second-order valence-electron chi connectivity index (χ2n) is 2.48. The normalized spacial score (nSPS) is 9.38. The highest BCUT2D eigenvalue weighted by Gasteiger charge is 2.09. The van der Waals surface area contributed by atoms with Crippen molar-refractivity contribution >= 4 is 29.0 Å². The zero-order valence-electron chi connectivity index (χ0n) is 6.77. The predicted molar refractivity (Wildman–Crippen MR) is 51.2 cm³/mol. The number of hydrogen-bond acceptors (Lipinski definition) is 2. The summed E-state index contributed by atoms with van der Waals surface area (Å²) in [5, 5.41) is 9.10. The Balaban J connectivity index is 3.39. The van der Waals surface area contributed by atoms with Gasteiger partial charge in [0.25, 0.3) is 0 Å². The van der Waals surface area contributed by atoms with E-state index >= 15 is 0 Å². The smallest absolute Gasteiger partial charge is 0.161 e. The van der Waals surface area contributed by atoms with Gasteiger partial charge in [-0.3, -0.25) is 4.79 Å². The second-order valence-corrected chi connectivity index (χ2v) is 3.29. The number of ketones is 1. The highest BCUT2D eigenvalue weighted by molar-refractivity contribution is 6.36. The fourth-order valence-corrected chi connectivity index (χ4v) is 1.40. The average Bonchev–Trinajstić information content (AvgIpc) is 2.07. The largest absolute Gasteiger partial charge is 0.294 e. The van der Waals surface area contributed by atoms with Gasteiger partial charge in [-0.05, 0) is 19.1 Å². The Morgan fingerprint density at radius 3 is 2.46 bits per heavy atom. The molecule has 0 aliphatic heterocycles. The van der Waals surface area contributed by atoms with Gasteiger partial charge in [0.15, 0.2) is 5.78 Å². The van der Waals surface area contributed by atoms with Crippen molar-refractivity contribution in [2.75, 3.05) is 0 Å². The van der Waals surface area contributed by atoms with Crippen molar-refractivity contribution in [1.29, 1.82) is 5.26 Å². The Hall–Kier alpha value is -1.04. The first-order valence-corrected chi connectivity index (χ1v) is 4.22. The van der Waals surface area contributed by atoms with Crippen molar-refractivity contribution in [2.24, 2.45) is 0 Å². The molecule has 0 fully saturated rings. The molecule has 0 aromatic heterocycles. The molecule has 0 aliphatic rings. The molecule has 0 saturated carbocycles. The van der Waals surface area contributed by atoms with Crippen LogP contribution in [-0.2, 0) is 0 Å². The number of hydrogen-bond donors (Lipinski definition) is 0. The number of nitriles is 1. The first-order valence-electron chi connectivity index (χ1n) is 3.46. The quantitative estimate of drug-likeness (QED) is 0.674. The van der Waals surface area contributed by atoms with Gasteiger partial charge < -0.3 is 0 Å². The van der Waals surface area contributed by atoms with Crippen LogP contribution in [0.3, 0.4) is 0 Å². The summed E-state index contributed by atoms with van der Waals surface area (Å²) in [5.41, 5.74) is 0.613. The molecule has 0 N–H and O–H groups in total. The molecule has 0 heterocycles. The van der Waals surface area contributed by atoms with Gasteiger partial charge >= 0.3 is 0 Å². The van der Waals surface area contributed by atoms with Crippen molar-refractivity contribution in [1.82, 2.24) is 0 Å². The van der Waals surface area contributed by atoms with Crippen LogP contribution in [0.2, 0.25) is 10.0 Å². The molecule has 1 aromatic carbocycles. The molecular weight excluding hydrogens is 209 g/mol. The third kappa shape index (κ3) is 2.00. The van der Waals surface area contributed by atoms with Crippen LogP contribution in [0, 0.1) is 11.3 Å². The maximum Gasteiger partial charge on any atom is 0.161 e. The SMILES string of the molecule is CC(=O)c1cc(Cl)c(C#N)cc1Cl. The van der Waals surface area contributed by atoms with Gasteiger partial charge in [-0.2, -0.15) is 5.26 Å². The summed E-state index contributed by atoms with van der Waals surface area (Å²) >= 11 is 11.5. The molecule has 0 spiro atoms. The minimum atomic E-state index is -0.170. The number of carbonyl (C=O) groups excluding carboxylic acids is 1. The molecule has 0 radical (unpaired) electrons. The molecule has 4 heteroatoms. The molecule has 1 aromatic rings. The summed E-state index contributed by atoms with van der Waals surface area (Å²) in [4.78, 5) is 11.0. The van der Waals surface area contributed by atoms with Crippen LogP contribution in [0.1, 0.15) is 22.8 Å². The lowest BCUT2D eigenvalue weighted by Crippen LogP contribution is -1.94. The number of benzene rings is 1. The van der Waals surface area contributed by atoms with Crippen molar-refractivity contribution in [2.45, 2.75) is 6.92 Å². The number of halogens is 2. The fraction of sp³-hybridized carbons (Fsp3) is 0.111. The molecule has 0 atom stereocenters. The zero-order valence-corrected chi connectivity index (χ0v) is 8.28. The molecule has 66 valence electrons. The first kappa shape index (κ1) is 10.0. The van der Waals surface area contributed by atoms with Crippen molar-refractivity contribution < 1.29 is 4.79 Å². The summed E-state index contributed by atoms with van der Waals surface area (Å²) in [6.07, 6.45) is 0. The Labute approximate surface area is 85.7 Å². The molecule has 0 aliphatic carbocycles.